The molecule has 17 heavy (non-hydrogen) atoms. The number of hydrogen-bond acceptors (Lipinski definition) is 2. The van der Waals surface area contributed by atoms with Crippen molar-refractivity contribution < 1.29 is 0 Å². The Hall–Kier alpha value is 0.140. The van der Waals surface area contributed by atoms with Gasteiger partial charge in [0.1, 0.15) is 0 Å². The first-order valence-electron chi connectivity index (χ1n) is 6.23. The second-order valence-electron chi connectivity index (χ2n) is 6.14. The predicted molar refractivity (Wildman–Crippen MR) is 81.9 cm³/mol. The van der Waals surface area contributed by atoms with Gasteiger partial charge < -0.3 is 5.32 Å². The lowest BCUT2D eigenvalue weighted by Gasteiger charge is -2.32. The van der Waals surface area contributed by atoms with Crippen molar-refractivity contribution in [1.82, 2.24) is 5.32 Å². The summed E-state index contributed by atoms with van der Waals surface area (Å²) in [6.45, 7) is 12.4. The van der Waals surface area contributed by atoms with Crippen molar-refractivity contribution in [3.63, 3.8) is 0 Å². The van der Waals surface area contributed by atoms with E-state index in [0.29, 0.717) is 5.41 Å². The van der Waals surface area contributed by atoms with Crippen LogP contribution in [-0.2, 0) is 6.42 Å². The Bertz CT molecular complexity index is 353. The summed E-state index contributed by atoms with van der Waals surface area (Å²) in [6.07, 6.45) is 2.34. The Morgan fingerprint density at radius 2 is 1.94 bits per heavy atom. The van der Waals surface area contributed by atoms with Gasteiger partial charge in [0.25, 0.3) is 0 Å². The van der Waals surface area contributed by atoms with Crippen LogP contribution in [0.1, 0.15) is 45.9 Å². The Kier molecular flexibility index (Phi) is 5.23. The second kappa shape index (κ2) is 5.85. The quantitative estimate of drug-likeness (QED) is 0.818. The van der Waals surface area contributed by atoms with Crippen LogP contribution in [0.3, 0.4) is 0 Å². The largest absolute Gasteiger partial charge is 0.312 e. The van der Waals surface area contributed by atoms with Crippen molar-refractivity contribution in [3.8, 4) is 0 Å². The van der Waals surface area contributed by atoms with Crippen LogP contribution < -0.4 is 5.32 Å². The van der Waals surface area contributed by atoms with Crippen molar-refractivity contribution in [2.75, 3.05) is 6.54 Å². The Morgan fingerprint density at radius 1 is 1.29 bits per heavy atom. The van der Waals surface area contributed by atoms with Crippen LogP contribution in [-0.4, -0.2) is 12.1 Å². The maximum Gasteiger partial charge on any atom is 0.0314 e. The van der Waals surface area contributed by atoms with E-state index in [4.69, 9.17) is 0 Å². The molecule has 0 fully saturated rings. The highest BCUT2D eigenvalue weighted by Crippen LogP contribution is 2.33. The molecule has 0 aliphatic heterocycles. The second-order valence-corrected chi connectivity index (χ2v) is 7.99. The minimum Gasteiger partial charge on any atom is -0.312 e. The smallest absolute Gasteiger partial charge is 0.0314 e. The lowest BCUT2D eigenvalue weighted by Crippen LogP contribution is -2.43. The van der Waals surface area contributed by atoms with Crippen molar-refractivity contribution in [2.24, 2.45) is 5.41 Å². The third-order valence-corrected chi connectivity index (χ3v) is 5.10. The summed E-state index contributed by atoms with van der Waals surface area (Å²) in [5, 5.41) is 5.79. The SMILES string of the molecule is CCC(C)(CNC(C)(C)C)Cc1sccc1Br. The van der Waals surface area contributed by atoms with E-state index >= 15 is 0 Å². The zero-order valence-corrected chi connectivity index (χ0v) is 14.0. The first-order chi connectivity index (χ1) is 7.76. The zero-order valence-electron chi connectivity index (χ0n) is 11.6. The maximum atomic E-state index is 3.63. The van der Waals surface area contributed by atoms with E-state index in [1.807, 2.05) is 11.3 Å². The number of rotatable bonds is 5. The molecular formula is C14H24BrNS. The lowest BCUT2D eigenvalue weighted by atomic mass is 9.82. The minimum absolute atomic E-state index is 0.198. The normalized spacial score (nSPS) is 15.9. The molecule has 1 aromatic heterocycles. The Morgan fingerprint density at radius 3 is 2.35 bits per heavy atom. The van der Waals surface area contributed by atoms with Gasteiger partial charge in [-0.05, 0) is 66.4 Å². The molecule has 98 valence electrons. The molecular weight excluding hydrogens is 294 g/mol. The van der Waals surface area contributed by atoms with Crippen LogP contribution in [0.4, 0.5) is 0 Å². The average Bonchev–Trinajstić information content (AvgIpc) is 2.61. The molecule has 1 nitrogen and oxygen atoms in total. The molecule has 0 aromatic carbocycles. The molecule has 1 unspecified atom stereocenters. The van der Waals surface area contributed by atoms with E-state index in [1.165, 1.54) is 15.8 Å². The number of thiophene rings is 1. The molecule has 1 atom stereocenters. The van der Waals surface area contributed by atoms with E-state index < -0.39 is 0 Å². The number of nitrogens with one attached hydrogen (secondary N) is 1. The topological polar surface area (TPSA) is 12.0 Å². The molecule has 0 amide bonds. The third-order valence-electron chi connectivity index (χ3n) is 3.18. The van der Waals surface area contributed by atoms with Crippen molar-refractivity contribution in [1.29, 1.82) is 0 Å². The van der Waals surface area contributed by atoms with E-state index in [-0.39, 0.29) is 5.54 Å². The van der Waals surface area contributed by atoms with E-state index in [1.54, 1.807) is 0 Å². The summed E-state index contributed by atoms with van der Waals surface area (Å²) in [5.74, 6) is 0. The summed E-state index contributed by atoms with van der Waals surface area (Å²) in [5.41, 5.74) is 0.532. The van der Waals surface area contributed by atoms with Gasteiger partial charge in [0.05, 0.1) is 0 Å². The van der Waals surface area contributed by atoms with Crippen molar-refractivity contribution in [2.45, 2.75) is 53.0 Å². The van der Waals surface area contributed by atoms with Gasteiger partial charge in [-0.25, -0.2) is 0 Å². The van der Waals surface area contributed by atoms with E-state index in [2.05, 4.69) is 67.3 Å². The molecule has 0 spiro atoms. The van der Waals surface area contributed by atoms with Gasteiger partial charge in [-0.15, -0.1) is 11.3 Å². The molecule has 1 N–H and O–H groups in total. The standard InChI is InChI=1S/C14H24BrNS/c1-6-14(5,10-16-13(2,3)4)9-12-11(15)7-8-17-12/h7-8,16H,6,9-10H2,1-5H3. The summed E-state index contributed by atoms with van der Waals surface area (Å²) >= 11 is 5.48. The van der Waals surface area contributed by atoms with Crippen LogP contribution in [0.15, 0.2) is 15.9 Å². The Labute approximate surface area is 118 Å². The molecule has 0 radical (unpaired) electrons. The Balaban J connectivity index is 2.66. The molecule has 1 heterocycles. The molecule has 0 saturated heterocycles. The highest BCUT2D eigenvalue weighted by atomic mass is 79.9. The van der Waals surface area contributed by atoms with Crippen LogP contribution in [0, 0.1) is 5.41 Å². The molecule has 0 aliphatic carbocycles. The zero-order chi connectivity index (χ0) is 13.1. The van der Waals surface area contributed by atoms with Crippen molar-refractivity contribution in [3.05, 3.63) is 20.8 Å². The lowest BCUT2D eigenvalue weighted by molar-refractivity contribution is 0.256. The number of hydrogen-bond donors (Lipinski definition) is 1. The van der Waals surface area contributed by atoms with Crippen molar-refractivity contribution >= 4 is 27.3 Å². The van der Waals surface area contributed by atoms with Crippen LogP contribution in [0.2, 0.25) is 0 Å². The number of halogens is 1. The summed E-state index contributed by atoms with van der Waals surface area (Å²) in [6, 6.07) is 2.15. The molecule has 0 bridgehead atoms. The van der Waals surface area contributed by atoms with Gasteiger partial charge in [0.2, 0.25) is 0 Å². The highest BCUT2D eigenvalue weighted by molar-refractivity contribution is 9.10. The van der Waals surface area contributed by atoms with E-state index in [9.17, 15) is 0 Å². The predicted octanol–water partition coefficient (Wildman–Crippen LogP) is 4.86. The molecule has 1 rings (SSSR count). The average molecular weight is 318 g/mol. The van der Waals surface area contributed by atoms with Gasteiger partial charge in [-0.2, -0.15) is 0 Å². The fourth-order valence-corrected chi connectivity index (χ4v) is 3.34. The van der Waals surface area contributed by atoms with Gasteiger partial charge in [0, 0.05) is 21.4 Å². The summed E-state index contributed by atoms with van der Waals surface area (Å²) < 4.78 is 1.26. The first-order valence-corrected chi connectivity index (χ1v) is 7.90. The van der Waals surface area contributed by atoms with Gasteiger partial charge in [0.15, 0.2) is 0 Å². The summed E-state index contributed by atoms with van der Waals surface area (Å²) in [4.78, 5) is 1.46. The highest BCUT2D eigenvalue weighted by Gasteiger charge is 2.25. The van der Waals surface area contributed by atoms with E-state index in [0.717, 1.165) is 13.0 Å². The van der Waals surface area contributed by atoms with Gasteiger partial charge >= 0.3 is 0 Å². The summed E-state index contributed by atoms with van der Waals surface area (Å²) in [7, 11) is 0. The maximum absolute atomic E-state index is 3.63. The fraction of sp³-hybridized carbons (Fsp3) is 0.714. The third kappa shape index (κ3) is 5.11. The minimum atomic E-state index is 0.198. The monoisotopic (exact) mass is 317 g/mol. The van der Waals surface area contributed by atoms with Gasteiger partial charge in [-0.3, -0.25) is 0 Å². The molecule has 3 heteroatoms. The van der Waals surface area contributed by atoms with Gasteiger partial charge in [-0.1, -0.05) is 13.8 Å². The first kappa shape index (κ1) is 15.2. The molecule has 0 saturated carbocycles. The van der Waals surface area contributed by atoms with Crippen LogP contribution >= 0.6 is 27.3 Å². The molecule has 0 aliphatic rings. The molecule has 1 aromatic rings. The van der Waals surface area contributed by atoms with Crippen LogP contribution in [0.5, 0.6) is 0 Å². The van der Waals surface area contributed by atoms with Crippen LogP contribution in [0.25, 0.3) is 0 Å². The fourth-order valence-electron chi connectivity index (χ4n) is 1.63.